The highest BCUT2D eigenvalue weighted by atomic mass is 16.5. The van der Waals surface area contributed by atoms with Gasteiger partial charge in [0.25, 0.3) is 5.91 Å². The second-order valence-corrected chi connectivity index (χ2v) is 7.90. The number of carbonyl (C=O) groups is 2. The summed E-state index contributed by atoms with van der Waals surface area (Å²) in [5, 5.41) is 2.86. The fourth-order valence-electron chi connectivity index (χ4n) is 3.86. The molecule has 1 atom stereocenters. The molecule has 0 radical (unpaired) electrons. The molecule has 0 saturated carbocycles. The fraction of sp³-hybridized carbons (Fsp3) is 0.280. The van der Waals surface area contributed by atoms with Crippen molar-refractivity contribution < 1.29 is 14.3 Å². The van der Waals surface area contributed by atoms with Crippen LogP contribution < -0.4 is 10.1 Å². The van der Waals surface area contributed by atoms with Crippen molar-refractivity contribution in [3.05, 3.63) is 83.4 Å². The van der Waals surface area contributed by atoms with E-state index in [-0.39, 0.29) is 17.7 Å². The van der Waals surface area contributed by atoms with E-state index in [1.807, 2.05) is 35.2 Å². The average Bonchev–Trinajstić information content (AvgIpc) is 3.31. The van der Waals surface area contributed by atoms with Gasteiger partial charge in [0, 0.05) is 30.9 Å². The van der Waals surface area contributed by atoms with E-state index >= 15 is 0 Å². The molecule has 0 bridgehead atoms. The Bertz CT molecular complexity index is 1100. The molecule has 164 valence electrons. The van der Waals surface area contributed by atoms with Crippen LogP contribution in [0.3, 0.4) is 0 Å². The molecular formula is C25H26N4O3. The molecule has 1 aromatic heterocycles. The van der Waals surface area contributed by atoms with Crippen molar-refractivity contribution in [2.24, 2.45) is 0 Å². The number of methoxy groups -OCH3 is 1. The first-order valence-electron chi connectivity index (χ1n) is 10.6. The van der Waals surface area contributed by atoms with Crippen LogP contribution in [0.1, 0.15) is 39.8 Å². The minimum atomic E-state index is -0.259. The molecule has 1 aliphatic heterocycles. The number of ether oxygens (including phenoxy) is 1. The third-order valence-corrected chi connectivity index (χ3v) is 5.69. The highest BCUT2D eigenvalue weighted by Crippen LogP contribution is 2.26. The number of aromatic nitrogens is 2. The Kier molecular flexibility index (Phi) is 6.44. The number of hydrogen-bond acceptors (Lipinski definition) is 5. The van der Waals surface area contributed by atoms with Gasteiger partial charge in [0.2, 0.25) is 5.91 Å². The summed E-state index contributed by atoms with van der Waals surface area (Å²) in [6.45, 7) is 3.10. The Labute approximate surface area is 187 Å². The topological polar surface area (TPSA) is 84.4 Å². The van der Waals surface area contributed by atoms with E-state index in [4.69, 9.17) is 4.74 Å². The number of nitrogens with one attached hydrogen (secondary N) is 1. The monoisotopic (exact) mass is 430 g/mol. The van der Waals surface area contributed by atoms with Crippen molar-refractivity contribution in [1.82, 2.24) is 14.9 Å². The van der Waals surface area contributed by atoms with Gasteiger partial charge in [-0.05, 0) is 43.2 Å². The van der Waals surface area contributed by atoms with Crippen molar-refractivity contribution in [2.45, 2.75) is 25.7 Å². The predicted molar refractivity (Wildman–Crippen MR) is 122 cm³/mol. The third-order valence-electron chi connectivity index (χ3n) is 5.69. The summed E-state index contributed by atoms with van der Waals surface area (Å²) in [6, 6.07) is 16.9. The van der Waals surface area contributed by atoms with Crippen LogP contribution >= 0.6 is 0 Å². The quantitative estimate of drug-likeness (QED) is 0.646. The predicted octanol–water partition coefficient (Wildman–Crippen LogP) is 3.60. The molecule has 3 aromatic rings. The van der Waals surface area contributed by atoms with Crippen LogP contribution in [0.15, 0.2) is 60.8 Å². The Morgan fingerprint density at radius 3 is 2.56 bits per heavy atom. The summed E-state index contributed by atoms with van der Waals surface area (Å²) in [4.78, 5) is 36.2. The zero-order chi connectivity index (χ0) is 22.5. The van der Waals surface area contributed by atoms with Crippen LogP contribution in [0.2, 0.25) is 0 Å². The van der Waals surface area contributed by atoms with Gasteiger partial charge in [-0.2, -0.15) is 0 Å². The van der Waals surface area contributed by atoms with E-state index in [2.05, 4.69) is 15.3 Å². The van der Waals surface area contributed by atoms with Gasteiger partial charge in [0.15, 0.2) is 0 Å². The van der Waals surface area contributed by atoms with Crippen LogP contribution in [0, 0.1) is 6.92 Å². The Balaban J connectivity index is 1.38. The van der Waals surface area contributed by atoms with Crippen molar-refractivity contribution >= 4 is 17.5 Å². The summed E-state index contributed by atoms with van der Waals surface area (Å²) in [6.07, 6.45) is 2.79. The molecule has 0 spiro atoms. The highest BCUT2D eigenvalue weighted by Gasteiger charge is 2.29. The van der Waals surface area contributed by atoms with Crippen molar-refractivity contribution in [1.29, 1.82) is 0 Å². The first-order valence-corrected chi connectivity index (χ1v) is 10.6. The van der Waals surface area contributed by atoms with E-state index in [9.17, 15) is 9.59 Å². The number of rotatable bonds is 6. The highest BCUT2D eigenvalue weighted by molar-refractivity contribution is 6.04. The maximum atomic E-state index is 12.7. The normalized spacial score (nSPS) is 15.4. The molecule has 7 nitrogen and oxygen atoms in total. The van der Waals surface area contributed by atoms with Gasteiger partial charge in [-0.15, -0.1) is 0 Å². The SMILES string of the molecule is COc1ccc(NC(=O)c2cnc(C3CCN(C(=O)Cc4ccccc4)C3)nc2C)cc1. The average molecular weight is 431 g/mol. The number of aryl methyl sites for hydroxylation is 1. The van der Waals surface area contributed by atoms with Gasteiger partial charge in [-0.1, -0.05) is 30.3 Å². The molecule has 1 N–H and O–H groups in total. The van der Waals surface area contributed by atoms with E-state index in [1.165, 1.54) is 0 Å². The molecule has 4 rings (SSSR count). The van der Waals surface area contributed by atoms with Crippen LogP contribution in [-0.4, -0.2) is 46.9 Å². The summed E-state index contributed by atoms with van der Waals surface area (Å²) in [7, 11) is 1.60. The van der Waals surface area contributed by atoms with Crippen LogP contribution in [0.5, 0.6) is 5.75 Å². The number of nitrogens with zero attached hydrogens (tertiary/aromatic N) is 3. The number of likely N-dealkylation sites (tertiary alicyclic amines) is 1. The first-order chi connectivity index (χ1) is 15.5. The van der Waals surface area contributed by atoms with Gasteiger partial charge < -0.3 is 15.0 Å². The van der Waals surface area contributed by atoms with Crippen molar-refractivity contribution in [3.8, 4) is 5.75 Å². The van der Waals surface area contributed by atoms with Gasteiger partial charge in [-0.25, -0.2) is 9.97 Å². The van der Waals surface area contributed by atoms with Gasteiger partial charge in [-0.3, -0.25) is 9.59 Å². The second-order valence-electron chi connectivity index (χ2n) is 7.90. The standard InChI is InChI=1S/C25H26N4O3/c1-17-22(25(31)28-20-8-10-21(32-2)11-9-20)15-26-24(27-17)19-12-13-29(16-19)23(30)14-18-6-4-3-5-7-18/h3-11,15,19H,12-14,16H2,1-2H3,(H,28,31). The van der Waals surface area contributed by atoms with E-state index in [0.29, 0.717) is 42.3 Å². The lowest BCUT2D eigenvalue weighted by Crippen LogP contribution is -2.30. The molecule has 1 fully saturated rings. The summed E-state index contributed by atoms with van der Waals surface area (Å²) in [5.41, 5.74) is 2.73. The Morgan fingerprint density at radius 1 is 1.12 bits per heavy atom. The Hall–Kier alpha value is -3.74. The van der Waals surface area contributed by atoms with Gasteiger partial charge in [0.1, 0.15) is 11.6 Å². The van der Waals surface area contributed by atoms with Crippen LogP contribution in [-0.2, 0) is 11.2 Å². The molecule has 32 heavy (non-hydrogen) atoms. The maximum absolute atomic E-state index is 12.7. The minimum Gasteiger partial charge on any atom is -0.497 e. The van der Waals surface area contributed by atoms with E-state index in [0.717, 1.165) is 17.7 Å². The van der Waals surface area contributed by atoms with E-state index in [1.54, 1.807) is 44.5 Å². The first kappa shape index (κ1) is 21.5. The summed E-state index contributed by atoms with van der Waals surface area (Å²) in [5.74, 6) is 1.33. The molecular weight excluding hydrogens is 404 g/mol. The summed E-state index contributed by atoms with van der Waals surface area (Å²) >= 11 is 0. The van der Waals surface area contributed by atoms with Crippen molar-refractivity contribution in [2.75, 3.05) is 25.5 Å². The molecule has 0 aliphatic carbocycles. The number of carbonyl (C=O) groups excluding carboxylic acids is 2. The number of amides is 2. The lowest BCUT2D eigenvalue weighted by Gasteiger charge is -2.16. The molecule has 7 heteroatoms. The summed E-state index contributed by atoms with van der Waals surface area (Å²) < 4.78 is 5.13. The third kappa shape index (κ3) is 4.94. The Morgan fingerprint density at radius 2 is 1.88 bits per heavy atom. The lowest BCUT2D eigenvalue weighted by atomic mass is 10.1. The number of hydrogen-bond donors (Lipinski definition) is 1. The van der Waals surface area contributed by atoms with Crippen molar-refractivity contribution in [3.63, 3.8) is 0 Å². The van der Waals surface area contributed by atoms with Crippen LogP contribution in [0.4, 0.5) is 5.69 Å². The fourth-order valence-corrected chi connectivity index (χ4v) is 3.86. The molecule has 2 aromatic carbocycles. The maximum Gasteiger partial charge on any atom is 0.259 e. The smallest absolute Gasteiger partial charge is 0.259 e. The molecule has 1 aliphatic rings. The van der Waals surface area contributed by atoms with Gasteiger partial charge in [0.05, 0.1) is 24.8 Å². The zero-order valence-electron chi connectivity index (χ0n) is 18.2. The number of benzene rings is 2. The zero-order valence-corrected chi connectivity index (χ0v) is 18.2. The van der Waals surface area contributed by atoms with Crippen LogP contribution in [0.25, 0.3) is 0 Å². The largest absolute Gasteiger partial charge is 0.497 e. The molecule has 2 heterocycles. The molecule has 1 saturated heterocycles. The minimum absolute atomic E-state index is 0.0760. The molecule has 2 amide bonds. The second kappa shape index (κ2) is 9.60. The number of anilines is 1. The van der Waals surface area contributed by atoms with E-state index < -0.39 is 0 Å². The molecule has 1 unspecified atom stereocenters. The lowest BCUT2D eigenvalue weighted by molar-refractivity contribution is -0.129. The van der Waals surface area contributed by atoms with Gasteiger partial charge >= 0.3 is 0 Å².